The minimum atomic E-state index is -0.875. The van der Waals surface area contributed by atoms with Crippen molar-refractivity contribution < 1.29 is 14.3 Å². The van der Waals surface area contributed by atoms with Gasteiger partial charge >= 0.3 is 5.97 Å². The summed E-state index contributed by atoms with van der Waals surface area (Å²) in [5, 5.41) is 3.21. The fraction of sp³-hybridized carbons (Fsp3) is 0.833. The SMILES string of the molecule is CCOC(=O)C(COC)N=[N+]=[N-]. The van der Waals surface area contributed by atoms with Gasteiger partial charge in [0.15, 0.2) is 6.04 Å². The van der Waals surface area contributed by atoms with E-state index in [1.165, 1.54) is 7.11 Å². The van der Waals surface area contributed by atoms with Crippen molar-refractivity contribution in [2.24, 2.45) is 5.11 Å². The van der Waals surface area contributed by atoms with Gasteiger partial charge in [-0.3, -0.25) is 4.79 Å². The topological polar surface area (TPSA) is 84.3 Å². The highest BCUT2D eigenvalue weighted by molar-refractivity contribution is 5.76. The molecule has 0 amide bonds. The quantitative estimate of drug-likeness (QED) is 0.267. The lowest BCUT2D eigenvalue weighted by molar-refractivity contribution is -0.145. The molecule has 0 rings (SSSR count). The maximum Gasteiger partial charge on any atom is 0.317 e. The number of esters is 1. The summed E-state index contributed by atoms with van der Waals surface area (Å²) in [4.78, 5) is 13.5. The first-order valence-corrected chi connectivity index (χ1v) is 3.46. The molecule has 1 unspecified atom stereocenters. The molecule has 0 N–H and O–H groups in total. The van der Waals surface area contributed by atoms with Gasteiger partial charge < -0.3 is 9.47 Å². The molecule has 0 fully saturated rings. The van der Waals surface area contributed by atoms with E-state index in [1.807, 2.05) is 0 Å². The van der Waals surface area contributed by atoms with Crippen LogP contribution >= 0.6 is 0 Å². The molecule has 0 saturated heterocycles. The number of hydrogen-bond acceptors (Lipinski definition) is 4. The lowest BCUT2D eigenvalue weighted by Crippen LogP contribution is -2.25. The molecule has 6 heteroatoms. The summed E-state index contributed by atoms with van der Waals surface area (Å²) in [6.45, 7) is 1.99. The molecule has 0 aliphatic rings. The fourth-order valence-electron chi connectivity index (χ4n) is 0.607. The van der Waals surface area contributed by atoms with Crippen LogP contribution in [-0.2, 0) is 14.3 Å². The van der Waals surface area contributed by atoms with E-state index in [2.05, 4.69) is 19.5 Å². The Kier molecular flexibility index (Phi) is 5.77. The van der Waals surface area contributed by atoms with Crippen LogP contribution < -0.4 is 0 Å². The molecule has 0 aliphatic heterocycles. The summed E-state index contributed by atoms with van der Waals surface area (Å²) in [5.41, 5.74) is 8.08. The van der Waals surface area contributed by atoms with Gasteiger partial charge in [-0.1, -0.05) is 5.11 Å². The van der Waals surface area contributed by atoms with Crippen molar-refractivity contribution in [2.75, 3.05) is 20.3 Å². The smallest absolute Gasteiger partial charge is 0.317 e. The predicted molar refractivity (Wildman–Crippen MR) is 41.4 cm³/mol. The molecule has 0 bridgehead atoms. The molecule has 0 spiro atoms. The Balaban J connectivity index is 4.08. The van der Waals surface area contributed by atoms with Crippen molar-refractivity contribution in [3.8, 4) is 0 Å². The van der Waals surface area contributed by atoms with E-state index in [1.54, 1.807) is 6.92 Å². The van der Waals surface area contributed by atoms with E-state index in [0.29, 0.717) is 0 Å². The van der Waals surface area contributed by atoms with Crippen LogP contribution in [0.1, 0.15) is 6.92 Å². The Morgan fingerprint density at radius 3 is 2.83 bits per heavy atom. The van der Waals surface area contributed by atoms with Crippen molar-refractivity contribution in [3.63, 3.8) is 0 Å². The first-order chi connectivity index (χ1) is 5.76. The van der Waals surface area contributed by atoms with E-state index in [-0.39, 0.29) is 13.2 Å². The van der Waals surface area contributed by atoms with Crippen LogP contribution in [0.2, 0.25) is 0 Å². The molecule has 0 radical (unpaired) electrons. The van der Waals surface area contributed by atoms with Crippen molar-refractivity contribution in [1.29, 1.82) is 0 Å². The molecule has 0 aromatic heterocycles. The maximum atomic E-state index is 11.0. The van der Waals surface area contributed by atoms with Gasteiger partial charge in [0.05, 0.1) is 13.2 Å². The third-order valence-corrected chi connectivity index (χ3v) is 1.07. The molecule has 1 atom stereocenters. The standard InChI is InChI=1S/C6H11N3O3/c1-3-12-6(10)5(4-11-2)8-9-7/h5H,3-4H2,1-2H3. The highest BCUT2D eigenvalue weighted by atomic mass is 16.5. The van der Waals surface area contributed by atoms with Gasteiger partial charge in [-0.05, 0) is 12.5 Å². The van der Waals surface area contributed by atoms with E-state index in [9.17, 15) is 4.79 Å². The highest BCUT2D eigenvalue weighted by Gasteiger charge is 2.17. The zero-order chi connectivity index (χ0) is 9.40. The van der Waals surface area contributed by atoms with Crippen LogP contribution in [0.5, 0.6) is 0 Å². The van der Waals surface area contributed by atoms with Crippen LogP contribution in [0.15, 0.2) is 5.11 Å². The van der Waals surface area contributed by atoms with Crippen LogP contribution in [0.3, 0.4) is 0 Å². The summed E-state index contributed by atoms with van der Waals surface area (Å²) >= 11 is 0. The number of ether oxygens (including phenoxy) is 2. The lowest BCUT2D eigenvalue weighted by Gasteiger charge is -2.07. The first-order valence-electron chi connectivity index (χ1n) is 3.46. The number of methoxy groups -OCH3 is 1. The van der Waals surface area contributed by atoms with E-state index >= 15 is 0 Å². The number of carbonyl (C=O) groups is 1. The summed E-state index contributed by atoms with van der Waals surface area (Å²) in [6, 6.07) is -0.875. The van der Waals surface area contributed by atoms with Crippen molar-refractivity contribution in [1.82, 2.24) is 0 Å². The summed E-state index contributed by atoms with van der Waals surface area (Å²) in [5.74, 6) is -0.558. The Labute approximate surface area is 70.1 Å². The molecule has 0 aliphatic carbocycles. The summed E-state index contributed by atoms with van der Waals surface area (Å²) < 4.78 is 9.28. The second-order valence-electron chi connectivity index (χ2n) is 1.93. The lowest BCUT2D eigenvalue weighted by atomic mass is 10.3. The van der Waals surface area contributed by atoms with Gasteiger partial charge in [-0.2, -0.15) is 0 Å². The number of nitrogens with zero attached hydrogens (tertiary/aromatic N) is 3. The average Bonchev–Trinajstić information content (AvgIpc) is 2.04. The number of hydrogen-bond donors (Lipinski definition) is 0. The Bertz CT molecular complexity index is 188. The van der Waals surface area contributed by atoms with Gasteiger partial charge in [0.25, 0.3) is 0 Å². The first kappa shape index (κ1) is 10.7. The third kappa shape index (κ3) is 3.80. The molecule has 6 nitrogen and oxygen atoms in total. The van der Waals surface area contributed by atoms with Gasteiger partial charge in [0, 0.05) is 12.0 Å². The highest BCUT2D eigenvalue weighted by Crippen LogP contribution is 1.96. The molecular formula is C6H11N3O3. The molecular weight excluding hydrogens is 162 g/mol. The Hall–Kier alpha value is -1.26. The molecule has 0 aromatic rings. The Morgan fingerprint density at radius 1 is 1.75 bits per heavy atom. The zero-order valence-corrected chi connectivity index (χ0v) is 7.06. The van der Waals surface area contributed by atoms with Crippen LogP contribution in [0.4, 0.5) is 0 Å². The van der Waals surface area contributed by atoms with Crippen LogP contribution in [-0.4, -0.2) is 32.3 Å². The molecule has 12 heavy (non-hydrogen) atoms. The van der Waals surface area contributed by atoms with E-state index < -0.39 is 12.0 Å². The maximum absolute atomic E-state index is 11.0. The fourth-order valence-corrected chi connectivity index (χ4v) is 0.607. The largest absolute Gasteiger partial charge is 0.466 e. The minimum Gasteiger partial charge on any atom is -0.466 e. The van der Waals surface area contributed by atoms with Crippen molar-refractivity contribution in [3.05, 3.63) is 10.4 Å². The minimum absolute atomic E-state index is 0.0445. The van der Waals surface area contributed by atoms with Crippen molar-refractivity contribution in [2.45, 2.75) is 13.0 Å². The molecule has 0 aromatic carbocycles. The van der Waals surface area contributed by atoms with Crippen molar-refractivity contribution >= 4 is 5.97 Å². The number of carbonyl (C=O) groups excluding carboxylic acids is 1. The summed E-state index contributed by atoms with van der Waals surface area (Å²) in [7, 11) is 1.42. The molecule has 0 saturated carbocycles. The molecule has 68 valence electrons. The van der Waals surface area contributed by atoms with Gasteiger partial charge in [-0.25, -0.2) is 0 Å². The number of rotatable bonds is 5. The second kappa shape index (κ2) is 6.45. The zero-order valence-electron chi connectivity index (χ0n) is 7.06. The number of azide groups is 1. The van der Waals surface area contributed by atoms with Gasteiger partial charge in [0.2, 0.25) is 0 Å². The van der Waals surface area contributed by atoms with Crippen LogP contribution in [0.25, 0.3) is 10.4 Å². The Morgan fingerprint density at radius 2 is 2.42 bits per heavy atom. The van der Waals surface area contributed by atoms with Gasteiger partial charge in [0.1, 0.15) is 0 Å². The van der Waals surface area contributed by atoms with Crippen LogP contribution in [0, 0.1) is 0 Å². The second-order valence-corrected chi connectivity index (χ2v) is 1.93. The van der Waals surface area contributed by atoms with E-state index in [0.717, 1.165) is 0 Å². The predicted octanol–water partition coefficient (Wildman–Crippen LogP) is 0.875. The third-order valence-electron chi connectivity index (χ3n) is 1.07. The average molecular weight is 173 g/mol. The van der Waals surface area contributed by atoms with E-state index in [4.69, 9.17) is 5.53 Å². The monoisotopic (exact) mass is 173 g/mol. The van der Waals surface area contributed by atoms with Gasteiger partial charge in [-0.15, -0.1) is 0 Å². The molecule has 0 heterocycles. The normalized spacial score (nSPS) is 11.5. The summed E-state index contributed by atoms with van der Waals surface area (Å²) in [6.07, 6.45) is 0.